The molecule has 0 aromatic heterocycles. The van der Waals surface area contributed by atoms with Gasteiger partial charge in [-0.3, -0.25) is 0 Å². The molecule has 0 bridgehead atoms. The summed E-state index contributed by atoms with van der Waals surface area (Å²) in [5.74, 6) is -3.64. The van der Waals surface area contributed by atoms with Crippen LogP contribution in [-0.4, -0.2) is 32.4 Å². The highest BCUT2D eigenvalue weighted by atomic mass is 32.2. The number of benzene rings is 1. The van der Waals surface area contributed by atoms with Gasteiger partial charge in [-0.15, -0.1) is 0 Å². The lowest BCUT2D eigenvalue weighted by molar-refractivity contribution is -0.153. The van der Waals surface area contributed by atoms with Crippen LogP contribution in [-0.2, 0) is 19.4 Å². The first kappa shape index (κ1) is 15.5. The van der Waals surface area contributed by atoms with Gasteiger partial charge in [0.1, 0.15) is 16.5 Å². The molecule has 0 aliphatic heterocycles. The summed E-state index contributed by atoms with van der Waals surface area (Å²) in [4.78, 5) is 10.3. The number of ether oxygens (including phenoxy) is 1. The third-order valence-corrected chi connectivity index (χ3v) is 3.33. The van der Waals surface area contributed by atoms with Gasteiger partial charge in [-0.25, -0.2) is 22.0 Å². The van der Waals surface area contributed by atoms with Crippen LogP contribution in [0.3, 0.4) is 0 Å². The molecule has 0 saturated heterocycles. The summed E-state index contributed by atoms with van der Waals surface area (Å²) in [5.41, 5.74) is -0.779. The number of esters is 1. The predicted octanol–water partition coefficient (Wildman–Crippen LogP) is 0.965. The van der Waals surface area contributed by atoms with Crippen molar-refractivity contribution in [1.82, 2.24) is 0 Å². The Kier molecular flexibility index (Phi) is 4.59. The van der Waals surface area contributed by atoms with E-state index in [0.717, 1.165) is 0 Å². The minimum Gasteiger partial charge on any atom is -0.464 e. The maximum absolute atomic E-state index is 13.9. The quantitative estimate of drug-likeness (QED) is 0.837. The second kappa shape index (κ2) is 5.62. The van der Waals surface area contributed by atoms with Gasteiger partial charge in [-0.05, 0) is 19.1 Å². The van der Waals surface area contributed by atoms with Crippen molar-refractivity contribution < 1.29 is 31.8 Å². The minimum absolute atomic E-state index is 0.0637. The van der Waals surface area contributed by atoms with Gasteiger partial charge < -0.3 is 9.84 Å². The Morgan fingerprint density at radius 3 is 2.47 bits per heavy atom. The summed E-state index contributed by atoms with van der Waals surface area (Å²) in [5, 5.41) is 9.54. The van der Waals surface area contributed by atoms with Gasteiger partial charge in [0.25, 0.3) is 0 Å². The van der Waals surface area contributed by atoms with E-state index in [4.69, 9.17) is 0 Å². The van der Waals surface area contributed by atoms with E-state index in [2.05, 4.69) is 4.74 Å². The fourth-order valence-corrected chi connectivity index (χ4v) is 2.17. The SMILES string of the molecule is CCOC(=O)C(O)c1cc(F)cc(S(C)(=O)=O)c1F. The fourth-order valence-electron chi connectivity index (χ4n) is 1.40. The molecule has 106 valence electrons. The Morgan fingerprint density at radius 2 is 2.00 bits per heavy atom. The summed E-state index contributed by atoms with van der Waals surface area (Å²) in [6, 6.07) is 1.03. The minimum atomic E-state index is -4.03. The number of aliphatic hydroxyl groups is 1. The molecule has 1 atom stereocenters. The van der Waals surface area contributed by atoms with Crippen LogP contribution >= 0.6 is 0 Å². The van der Waals surface area contributed by atoms with E-state index in [9.17, 15) is 27.1 Å². The van der Waals surface area contributed by atoms with Crippen molar-refractivity contribution in [3.63, 3.8) is 0 Å². The van der Waals surface area contributed by atoms with Crippen molar-refractivity contribution in [2.75, 3.05) is 12.9 Å². The van der Waals surface area contributed by atoms with Gasteiger partial charge in [0.05, 0.1) is 6.61 Å². The number of rotatable bonds is 4. The van der Waals surface area contributed by atoms with Crippen molar-refractivity contribution >= 4 is 15.8 Å². The monoisotopic (exact) mass is 294 g/mol. The normalized spacial score (nSPS) is 13.1. The van der Waals surface area contributed by atoms with E-state index in [0.29, 0.717) is 18.4 Å². The largest absolute Gasteiger partial charge is 0.464 e. The number of carbonyl (C=O) groups is 1. The average molecular weight is 294 g/mol. The molecule has 8 heteroatoms. The standard InChI is InChI=1S/C11H12F2O5S/c1-3-18-11(15)10(14)7-4-6(12)5-8(9(7)13)19(2,16)17/h4-5,10,14H,3H2,1-2H3. The molecular formula is C11H12F2O5S. The third-order valence-electron chi connectivity index (χ3n) is 2.24. The van der Waals surface area contributed by atoms with Gasteiger partial charge >= 0.3 is 5.97 Å². The molecule has 0 fully saturated rings. The van der Waals surface area contributed by atoms with Crippen molar-refractivity contribution in [3.05, 3.63) is 29.3 Å². The number of halogens is 2. The second-order valence-electron chi connectivity index (χ2n) is 3.73. The Morgan fingerprint density at radius 1 is 1.42 bits per heavy atom. The number of aliphatic hydroxyl groups excluding tert-OH is 1. The Labute approximate surface area is 108 Å². The number of carbonyl (C=O) groups excluding carboxylic acids is 1. The van der Waals surface area contributed by atoms with Crippen molar-refractivity contribution in [1.29, 1.82) is 0 Å². The highest BCUT2D eigenvalue weighted by Gasteiger charge is 2.27. The predicted molar refractivity (Wildman–Crippen MR) is 61.1 cm³/mol. The molecule has 0 heterocycles. The fraction of sp³-hybridized carbons (Fsp3) is 0.364. The van der Waals surface area contributed by atoms with Crippen LogP contribution in [0.1, 0.15) is 18.6 Å². The zero-order valence-electron chi connectivity index (χ0n) is 10.2. The molecule has 1 rings (SSSR count). The molecule has 1 aromatic carbocycles. The lowest BCUT2D eigenvalue weighted by atomic mass is 10.1. The first-order valence-corrected chi connectivity index (χ1v) is 7.11. The summed E-state index contributed by atoms with van der Waals surface area (Å²) < 4.78 is 54.1. The zero-order valence-corrected chi connectivity index (χ0v) is 11.0. The molecule has 1 N–H and O–H groups in total. The molecule has 0 saturated carbocycles. The van der Waals surface area contributed by atoms with Gasteiger partial charge in [-0.1, -0.05) is 0 Å². The lowest BCUT2D eigenvalue weighted by Crippen LogP contribution is -2.18. The van der Waals surface area contributed by atoms with E-state index in [1.165, 1.54) is 6.92 Å². The third kappa shape index (κ3) is 3.48. The Hall–Kier alpha value is -1.54. The van der Waals surface area contributed by atoms with Crippen LogP contribution < -0.4 is 0 Å². The van der Waals surface area contributed by atoms with Crippen LogP contribution in [0.25, 0.3) is 0 Å². The van der Waals surface area contributed by atoms with Crippen molar-refractivity contribution in [3.8, 4) is 0 Å². The Balaban J connectivity index is 3.38. The van der Waals surface area contributed by atoms with Crippen LogP contribution in [0.5, 0.6) is 0 Å². The molecule has 5 nitrogen and oxygen atoms in total. The van der Waals surface area contributed by atoms with E-state index in [1.807, 2.05) is 0 Å². The van der Waals surface area contributed by atoms with E-state index in [-0.39, 0.29) is 6.61 Å². The molecule has 0 amide bonds. The molecule has 0 aliphatic rings. The topological polar surface area (TPSA) is 80.7 Å². The van der Waals surface area contributed by atoms with Gasteiger partial charge in [0.2, 0.25) is 0 Å². The Bertz CT molecular complexity index is 597. The highest BCUT2D eigenvalue weighted by Crippen LogP contribution is 2.25. The maximum atomic E-state index is 13.9. The van der Waals surface area contributed by atoms with Gasteiger partial charge in [-0.2, -0.15) is 0 Å². The first-order chi connectivity index (χ1) is 8.68. The molecular weight excluding hydrogens is 282 g/mol. The average Bonchev–Trinajstić information content (AvgIpc) is 2.29. The van der Waals surface area contributed by atoms with Gasteiger partial charge in [0.15, 0.2) is 15.9 Å². The van der Waals surface area contributed by atoms with E-state index in [1.54, 1.807) is 0 Å². The highest BCUT2D eigenvalue weighted by molar-refractivity contribution is 7.90. The molecule has 0 radical (unpaired) electrons. The summed E-state index contributed by atoms with van der Waals surface area (Å²) in [6.07, 6.45) is -1.40. The molecule has 0 spiro atoms. The van der Waals surface area contributed by atoms with E-state index >= 15 is 0 Å². The lowest BCUT2D eigenvalue weighted by Gasteiger charge is -2.12. The number of hydrogen-bond donors (Lipinski definition) is 1. The summed E-state index contributed by atoms with van der Waals surface area (Å²) in [7, 11) is -4.03. The summed E-state index contributed by atoms with van der Waals surface area (Å²) in [6.45, 7) is 1.40. The second-order valence-corrected chi connectivity index (χ2v) is 5.72. The van der Waals surface area contributed by atoms with Crippen LogP contribution in [0.15, 0.2) is 17.0 Å². The number of hydrogen-bond acceptors (Lipinski definition) is 5. The first-order valence-electron chi connectivity index (χ1n) is 5.22. The summed E-state index contributed by atoms with van der Waals surface area (Å²) >= 11 is 0. The van der Waals surface area contributed by atoms with Crippen molar-refractivity contribution in [2.45, 2.75) is 17.9 Å². The molecule has 1 unspecified atom stereocenters. The molecule has 19 heavy (non-hydrogen) atoms. The molecule has 0 aliphatic carbocycles. The number of sulfone groups is 1. The smallest absolute Gasteiger partial charge is 0.339 e. The van der Waals surface area contributed by atoms with Gasteiger partial charge in [0, 0.05) is 11.8 Å². The van der Waals surface area contributed by atoms with Crippen LogP contribution in [0, 0.1) is 11.6 Å². The van der Waals surface area contributed by atoms with Crippen LogP contribution in [0.4, 0.5) is 8.78 Å². The molecule has 1 aromatic rings. The zero-order chi connectivity index (χ0) is 14.8. The van der Waals surface area contributed by atoms with Crippen molar-refractivity contribution in [2.24, 2.45) is 0 Å². The van der Waals surface area contributed by atoms with E-state index < -0.39 is 44.0 Å². The van der Waals surface area contributed by atoms with Crippen LogP contribution in [0.2, 0.25) is 0 Å². The maximum Gasteiger partial charge on any atom is 0.339 e.